The van der Waals surface area contributed by atoms with Gasteiger partial charge in [-0.3, -0.25) is 0 Å². The van der Waals surface area contributed by atoms with Gasteiger partial charge in [0, 0.05) is 33.2 Å². The third-order valence-electron chi connectivity index (χ3n) is 13.4. The van der Waals surface area contributed by atoms with Crippen molar-refractivity contribution in [2.75, 3.05) is 0 Å². The zero-order chi connectivity index (χ0) is 41.3. The highest BCUT2D eigenvalue weighted by Crippen LogP contribution is 2.54. The van der Waals surface area contributed by atoms with Gasteiger partial charge in [0.05, 0.1) is 11.0 Å². The van der Waals surface area contributed by atoms with Crippen LogP contribution in [0.4, 0.5) is 0 Å². The number of para-hydroxylation sites is 1. The minimum absolute atomic E-state index is 0.0180. The third-order valence-corrected chi connectivity index (χ3v) is 13.4. The second-order valence-corrected chi connectivity index (χ2v) is 17.3. The van der Waals surface area contributed by atoms with Gasteiger partial charge < -0.3 is 4.57 Å². The van der Waals surface area contributed by atoms with E-state index in [0.717, 1.165) is 33.4 Å². The van der Waals surface area contributed by atoms with Crippen molar-refractivity contribution in [2.45, 2.75) is 38.5 Å². The van der Waals surface area contributed by atoms with Gasteiger partial charge in [-0.1, -0.05) is 173 Å². The van der Waals surface area contributed by atoms with E-state index in [0.29, 0.717) is 17.5 Å². The Balaban J connectivity index is 0.987. The zero-order valence-electron chi connectivity index (χ0n) is 34.8. The van der Waals surface area contributed by atoms with Crippen LogP contribution in [0.1, 0.15) is 38.8 Å². The van der Waals surface area contributed by atoms with Crippen LogP contribution in [0.15, 0.2) is 194 Å². The van der Waals surface area contributed by atoms with Crippen molar-refractivity contribution >= 4 is 21.8 Å². The maximum Gasteiger partial charge on any atom is 0.164 e. The van der Waals surface area contributed by atoms with E-state index < -0.39 is 0 Å². The van der Waals surface area contributed by atoms with E-state index in [2.05, 4.69) is 166 Å². The Morgan fingerprint density at radius 2 is 0.787 bits per heavy atom. The number of benzene rings is 8. The highest BCUT2D eigenvalue weighted by Gasteiger charge is 2.45. The summed E-state index contributed by atoms with van der Waals surface area (Å²) in [4.78, 5) is 14.9. The van der Waals surface area contributed by atoms with Crippen LogP contribution < -0.4 is 0 Å². The maximum absolute atomic E-state index is 4.98. The van der Waals surface area contributed by atoms with Crippen molar-refractivity contribution in [3.8, 4) is 73.2 Å². The van der Waals surface area contributed by atoms with Crippen LogP contribution in [0.2, 0.25) is 0 Å². The Bertz CT molecular complexity index is 3230. The summed E-state index contributed by atoms with van der Waals surface area (Å²) in [7, 11) is 0. The molecule has 0 aliphatic heterocycles. The van der Waals surface area contributed by atoms with Crippen molar-refractivity contribution < 1.29 is 0 Å². The van der Waals surface area contributed by atoms with Crippen molar-refractivity contribution in [1.29, 1.82) is 0 Å². The molecule has 1 aliphatic carbocycles. The predicted molar refractivity (Wildman–Crippen MR) is 253 cm³/mol. The van der Waals surface area contributed by atoms with E-state index in [9.17, 15) is 0 Å². The number of hydrogen-bond donors (Lipinski definition) is 0. The SMILES string of the molecule is CC1(C)c2ccccc2-c2ccc(-c3cccc(-c4ccc5c6ccccc6n(-c6ccc(-c7nc(-c8ccccc8)nc(-c8ccccc8)n7)cc6)c5c4)c3)cc2C1(C)C. The van der Waals surface area contributed by atoms with E-state index in [1.165, 1.54) is 55.3 Å². The topological polar surface area (TPSA) is 43.6 Å². The zero-order valence-corrected chi connectivity index (χ0v) is 34.8. The molecular formula is C57H44N4. The van der Waals surface area contributed by atoms with Crippen LogP contribution in [0.5, 0.6) is 0 Å². The van der Waals surface area contributed by atoms with Gasteiger partial charge in [-0.2, -0.15) is 0 Å². The quantitative estimate of drug-likeness (QED) is 0.169. The van der Waals surface area contributed by atoms with Gasteiger partial charge in [0.1, 0.15) is 0 Å². The first-order valence-electron chi connectivity index (χ1n) is 21.1. The Morgan fingerprint density at radius 3 is 1.46 bits per heavy atom. The summed E-state index contributed by atoms with van der Waals surface area (Å²) < 4.78 is 2.38. The van der Waals surface area contributed by atoms with Gasteiger partial charge in [-0.05, 0) is 104 Å². The molecule has 0 fully saturated rings. The number of nitrogens with zero attached hydrogens (tertiary/aromatic N) is 4. The molecule has 0 bridgehead atoms. The second kappa shape index (κ2) is 14.1. The number of hydrogen-bond acceptors (Lipinski definition) is 3. The Hall–Kier alpha value is -7.43. The summed E-state index contributed by atoms with van der Waals surface area (Å²) >= 11 is 0. The van der Waals surface area contributed by atoms with E-state index in [4.69, 9.17) is 15.0 Å². The first kappa shape index (κ1) is 36.6. The average Bonchev–Trinajstić information content (AvgIpc) is 3.65. The minimum Gasteiger partial charge on any atom is -0.309 e. The Morgan fingerprint density at radius 1 is 0.328 bits per heavy atom. The lowest BCUT2D eigenvalue weighted by Gasteiger charge is -2.48. The molecule has 8 aromatic carbocycles. The summed E-state index contributed by atoms with van der Waals surface area (Å²) in [5.74, 6) is 1.94. The smallest absolute Gasteiger partial charge is 0.164 e. The van der Waals surface area contributed by atoms with Crippen LogP contribution in [0.25, 0.3) is 95.0 Å². The Kier molecular flexibility index (Phi) is 8.47. The fraction of sp³-hybridized carbons (Fsp3) is 0.105. The number of aromatic nitrogens is 4. The molecule has 0 amide bonds. The molecule has 0 saturated carbocycles. The van der Waals surface area contributed by atoms with E-state index in [1.807, 2.05) is 60.7 Å². The molecule has 0 spiro atoms. The second-order valence-electron chi connectivity index (χ2n) is 17.3. The van der Waals surface area contributed by atoms with Crippen LogP contribution in [0.3, 0.4) is 0 Å². The molecule has 0 atom stereocenters. The molecule has 0 saturated heterocycles. The predicted octanol–water partition coefficient (Wildman–Crippen LogP) is 14.5. The van der Waals surface area contributed by atoms with Gasteiger partial charge in [-0.15, -0.1) is 0 Å². The lowest BCUT2D eigenvalue weighted by Crippen LogP contribution is -2.43. The lowest BCUT2D eigenvalue weighted by molar-refractivity contribution is 0.299. The van der Waals surface area contributed by atoms with Gasteiger partial charge in [0.25, 0.3) is 0 Å². The molecule has 2 aromatic heterocycles. The standard InChI is InChI=1S/C57H44N4/c1-56(2)49-24-13-11-22-45(49)46-32-28-42(35-50(46)57(56,3)4)40-20-15-21-41(34-40)43-29-33-48-47-23-12-14-25-51(47)61(52(48)36-43)44-30-26-39(27-31-44)55-59-53(37-16-7-5-8-17-37)58-54(60-55)38-18-9-6-10-19-38/h5-36H,1-4H3. The van der Waals surface area contributed by atoms with Gasteiger partial charge in [-0.25, -0.2) is 15.0 Å². The summed E-state index contributed by atoms with van der Waals surface area (Å²) in [6, 6.07) is 69.5. The molecule has 10 aromatic rings. The van der Waals surface area contributed by atoms with Crippen molar-refractivity contribution in [2.24, 2.45) is 0 Å². The van der Waals surface area contributed by atoms with Gasteiger partial charge in [0.2, 0.25) is 0 Å². The van der Waals surface area contributed by atoms with Crippen molar-refractivity contribution in [3.05, 3.63) is 205 Å². The van der Waals surface area contributed by atoms with Gasteiger partial charge >= 0.3 is 0 Å². The normalized spacial score (nSPS) is 13.8. The molecule has 292 valence electrons. The minimum atomic E-state index is -0.0531. The highest BCUT2D eigenvalue weighted by atomic mass is 15.0. The van der Waals surface area contributed by atoms with Crippen molar-refractivity contribution in [3.63, 3.8) is 0 Å². The van der Waals surface area contributed by atoms with Crippen LogP contribution in [0, 0.1) is 0 Å². The van der Waals surface area contributed by atoms with Crippen LogP contribution in [-0.4, -0.2) is 19.5 Å². The lowest BCUT2D eigenvalue weighted by atomic mass is 9.55. The number of fused-ring (bicyclic) bond motifs is 6. The molecule has 4 nitrogen and oxygen atoms in total. The third kappa shape index (κ3) is 6.01. The van der Waals surface area contributed by atoms with E-state index >= 15 is 0 Å². The molecule has 0 radical (unpaired) electrons. The van der Waals surface area contributed by atoms with Crippen LogP contribution in [-0.2, 0) is 10.8 Å². The summed E-state index contributed by atoms with van der Waals surface area (Å²) in [5, 5.41) is 2.44. The summed E-state index contributed by atoms with van der Waals surface area (Å²) in [5.41, 5.74) is 16.5. The van der Waals surface area contributed by atoms with Crippen molar-refractivity contribution in [1.82, 2.24) is 19.5 Å². The fourth-order valence-corrected chi connectivity index (χ4v) is 9.42. The van der Waals surface area contributed by atoms with E-state index in [1.54, 1.807) is 0 Å². The van der Waals surface area contributed by atoms with E-state index in [-0.39, 0.29) is 10.8 Å². The van der Waals surface area contributed by atoms with Gasteiger partial charge in [0.15, 0.2) is 17.5 Å². The molecular weight excluding hydrogens is 741 g/mol. The Labute approximate surface area is 356 Å². The summed E-state index contributed by atoms with van der Waals surface area (Å²) in [6.07, 6.45) is 0. The molecule has 0 N–H and O–H groups in total. The largest absolute Gasteiger partial charge is 0.309 e. The van der Waals surface area contributed by atoms with Crippen LogP contribution >= 0.6 is 0 Å². The molecule has 2 heterocycles. The first-order chi connectivity index (χ1) is 29.7. The fourth-order valence-electron chi connectivity index (χ4n) is 9.42. The first-order valence-corrected chi connectivity index (χ1v) is 21.1. The number of rotatable bonds is 6. The average molecular weight is 785 g/mol. The molecule has 0 unspecified atom stereocenters. The maximum atomic E-state index is 4.98. The summed E-state index contributed by atoms with van der Waals surface area (Å²) in [6.45, 7) is 9.59. The molecule has 4 heteroatoms. The molecule has 11 rings (SSSR count). The molecule has 61 heavy (non-hydrogen) atoms. The monoisotopic (exact) mass is 784 g/mol. The highest BCUT2D eigenvalue weighted by molar-refractivity contribution is 6.10. The molecule has 1 aliphatic rings.